The minimum absolute atomic E-state index is 0.0215. The van der Waals surface area contributed by atoms with Crippen molar-refractivity contribution in [1.29, 1.82) is 10.5 Å². The predicted octanol–water partition coefficient (Wildman–Crippen LogP) is 1.52. The number of hydrogen-bond donors (Lipinski definition) is 0. The van der Waals surface area contributed by atoms with E-state index in [4.69, 9.17) is 10.5 Å². The summed E-state index contributed by atoms with van der Waals surface area (Å²) >= 11 is 0. The Balaban J connectivity index is 2.78. The molecular formula is C11H5N5O2. The Bertz CT molecular complexity index is 705. The van der Waals surface area contributed by atoms with Gasteiger partial charge in [0.05, 0.1) is 4.92 Å². The van der Waals surface area contributed by atoms with Crippen molar-refractivity contribution in [1.82, 2.24) is 9.55 Å². The number of nitro benzene ring substituents is 1. The molecule has 0 amide bonds. The number of nitriles is 2. The number of para-hydroxylation sites is 1. The van der Waals surface area contributed by atoms with E-state index in [-0.39, 0.29) is 22.8 Å². The molecule has 7 nitrogen and oxygen atoms in total. The molecule has 0 fully saturated rings. The van der Waals surface area contributed by atoms with Gasteiger partial charge in [-0.3, -0.25) is 14.7 Å². The van der Waals surface area contributed by atoms with Crippen LogP contribution >= 0.6 is 0 Å². The van der Waals surface area contributed by atoms with Crippen LogP contribution < -0.4 is 0 Å². The van der Waals surface area contributed by atoms with E-state index in [1.165, 1.54) is 35.2 Å². The Kier molecular flexibility index (Phi) is 2.73. The molecule has 1 heterocycles. The first kappa shape index (κ1) is 11.3. The van der Waals surface area contributed by atoms with Crippen LogP contribution in [-0.4, -0.2) is 14.5 Å². The minimum Gasteiger partial charge on any atom is -0.285 e. The van der Waals surface area contributed by atoms with Crippen molar-refractivity contribution in [3.8, 4) is 17.8 Å². The first-order valence-electron chi connectivity index (χ1n) is 4.80. The van der Waals surface area contributed by atoms with Crippen molar-refractivity contribution >= 4 is 5.69 Å². The normalized spacial score (nSPS) is 9.44. The van der Waals surface area contributed by atoms with Gasteiger partial charge in [-0.25, -0.2) is 4.98 Å². The first-order valence-corrected chi connectivity index (χ1v) is 4.80. The standard InChI is InChI=1S/C11H5N5O2/c12-6-8-2-1-3-9(11(8)16(17)18)15-5-4-14-10(15)7-13/h1-5H. The smallest absolute Gasteiger partial charge is 0.285 e. The SMILES string of the molecule is N#Cc1cccc(-n2ccnc2C#N)c1[N+](=O)[O-]. The molecule has 1 aromatic carbocycles. The number of imidazole rings is 1. The van der Waals surface area contributed by atoms with Crippen molar-refractivity contribution in [2.45, 2.75) is 0 Å². The molecule has 0 bridgehead atoms. The Morgan fingerprint density at radius 1 is 1.33 bits per heavy atom. The molecule has 0 spiro atoms. The van der Waals surface area contributed by atoms with Crippen LogP contribution in [0.1, 0.15) is 11.4 Å². The van der Waals surface area contributed by atoms with Gasteiger partial charge in [0, 0.05) is 12.4 Å². The van der Waals surface area contributed by atoms with Gasteiger partial charge in [0.25, 0.3) is 0 Å². The molecule has 0 saturated heterocycles. The molecule has 0 N–H and O–H groups in total. The summed E-state index contributed by atoms with van der Waals surface area (Å²) in [6.45, 7) is 0. The second-order valence-corrected chi connectivity index (χ2v) is 3.27. The van der Waals surface area contributed by atoms with Crippen molar-refractivity contribution in [3.05, 3.63) is 52.1 Å². The number of nitro groups is 1. The number of nitrogens with zero attached hydrogens (tertiary/aromatic N) is 5. The highest BCUT2D eigenvalue weighted by Gasteiger charge is 2.22. The fourth-order valence-corrected chi connectivity index (χ4v) is 1.59. The summed E-state index contributed by atoms with van der Waals surface area (Å²) in [5.41, 5.74) is -0.252. The van der Waals surface area contributed by atoms with Crippen LogP contribution in [-0.2, 0) is 0 Å². The van der Waals surface area contributed by atoms with Gasteiger partial charge in [0.15, 0.2) is 0 Å². The lowest BCUT2D eigenvalue weighted by Gasteiger charge is -2.05. The lowest BCUT2D eigenvalue weighted by molar-refractivity contribution is -0.384. The average molecular weight is 239 g/mol. The Labute approximate surface area is 101 Å². The molecule has 86 valence electrons. The van der Waals surface area contributed by atoms with Gasteiger partial charge < -0.3 is 0 Å². The molecule has 2 rings (SSSR count). The van der Waals surface area contributed by atoms with Crippen LogP contribution in [0, 0.1) is 32.8 Å². The molecular weight excluding hydrogens is 234 g/mol. The third-order valence-corrected chi connectivity index (χ3v) is 2.32. The Morgan fingerprint density at radius 3 is 2.72 bits per heavy atom. The molecule has 18 heavy (non-hydrogen) atoms. The topological polar surface area (TPSA) is 109 Å². The second kappa shape index (κ2) is 4.36. The molecule has 0 radical (unpaired) electrons. The van der Waals surface area contributed by atoms with Gasteiger partial charge in [0.2, 0.25) is 5.82 Å². The quantitative estimate of drug-likeness (QED) is 0.583. The first-order chi connectivity index (χ1) is 8.69. The maximum absolute atomic E-state index is 11.0. The van der Waals surface area contributed by atoms with Gasteiger partial charge >= 0.3 is 5.69 Å². The van der Waals surface area contributed by atoms with Gasteiger partial charge in [-0.2, -0.15) is 10.5 Å². The highest BCUT2D eigenvalue weighted by atomic mass is 16.6. The summed E-state index contributed by atoms with van der Waals surface area (Å²) in [6, 6.07) is 7.91. The molecule has 7 heteroatoms. The van der Waals surface area contributed by atoms with Crippen molar-refractivity contribution in [2.75, 3.05) is 0 Å². The summed E-state index contributed by atoms with van der Waals surface area (Å²) in [6.07, 6.45) is 2.80. The van der Waals surface area contributed by atoms with Gasteiger partial charge in [-0.1, -0.05) is 6.07 Å². The monoisotopic (exact) mass is 239 g/mol. The number of aromatic nitrogens is 2. The van der Waals surface area contributed by atoms with Gasteiger partial charge in [0.1, 0.15) is 23.4 Å². The zero-order valence-corrected chi connectivity index (χ0v) is 8.94. The van der Waals surface area contributed by atoms with Gasteiger partial charge in [-0.05, 0) is 12.1 Å². The van der Waals surface area contributed by atoms with E-state index in [2.05, 4.69) is 4.98 Å². The summed E-state index contributed by atoms with van der Waals surface area (Å²) in [7, 11) is 0. The van der Waals surface area contributed by atoms with Crippen LogP contribution in [0.15, 0.2) is 30.6 Å². The van der Waals surface area contributed by atoms with E-state index in [9.17, 15) is 10.1 Å². The fraction of sp³-hybridized carbons (Fsp3) is 0. The summed E-state index contributed by atoms with van der Waals surface area (Å²) in [5, 5.41) is 28.8. The lowest BCUT2D eigenvalue weighted by Crippen LogP contribution is -2.03. The molecule has 2 aromatic rings. The molecule has 0 aliphatic carbocycles. The summed E-state index contributed by atoms with van der Waals surface area (Å²) < 4.78 is 1.28. The highest BCUT2D eigenvalue weighted by Crippen LogP contribution is 2.27. The van der Waals surface area contributed by atoms with Crippen LogP contribution in [0.5, 0.6) is 0 Å². The molecule has 0 aliphatic rings. The van der Waals surface area contributed by atoms with E-state index < -0.39 is 4.92 Å². The third kappa shape index (κ3) is 1.66. The van der Waals surface area contributed by atoms with Crippen LogP contribution in [0.3, 0.4) is 0 Å². The second-order valence-electron chi connectivity index (χ2n) is 3.27. The largest absolute Gasteiger partial charge is 0.310 e. The summed E-state index contributed by atoms with van der Waals surface area (Å²) in [4.78, 5) is 14.2. The van der Waals surface area contributed by atoms with E-state index >= 15 is 0 Å². The maximum Gasteiger partial charge on any atom is 0.310 e. The average Bonchev–Trinajstić information content (AvgIpc) is 2.85. The van der Waals surface area contributed by atoms with E-state index in [0.29, 0.717) is 0 Å². The van der Waals surface area contributed by atoms with Crippen molar-refractivity contribution in [2.24, 2.45) is 0 Å². The number of hydrogen-bond acceptors (Lipinski definition) is 5. The number of benzene rings is 1. The zero-order valence-electron chi connectivity index (χ0n) is 8.94. The van der Waals surface area contributed by atoms with E-state index in [1.54, 1.807) is 6.07 Å². The number of rotatable bonds is 2. The Hall–Kier alpha value is -3.19. The van der Waals surface area contributed by atoms with E-state index in [1.807, 2.05) is 6.07 Å². The van der Waals surface area contributed by atoms with Crippen molar-refractivity contribution in [3.63, 3.8) is 0 Å². The molecule has 0 aliphatic heterocycles. The van der Waals surface area contributed by atoms with Crippen molar-refractivity contribution < 1.29 is 4.92 Å². The molecule has 1 aromatic heterocycles. The zero-order chi connectivity index (χ0) is 13.1. The maximum atomic E-state index is 11.0. The molecule has 0 unspecified atom stereocenters. The molecule has 0 atom stereocenters. The predicted molar refractivity (Wildman–Crippen MR) is 59.6 cm³/mol. The fourth-order valence-electron chi connectivity index (χ4n) is 1.59. The van der Waals surface area contributed by atoms with E-state index in [0.717, 1.165) is 0 Å². The molecule has 0 saturated carbocycles. The minimum atomic E-state index is -0.644. The van der Waals surface area contributed by atoms with Crippen LogP contribution in [0.4, 0.5) is 5.69 Å². The third-order valence-electron chi connectivity index (χ3n) is 2.32. The van der Waals surface area contributed by atoms with Crippen LogP contribution in [0.2, 0.25) is 0 Å². The van der Waals surface area contributed by atoms with Crippen LogP contribution in [0.25, 0.3) is 5.69 Å². The van der Waals surface area contributed by atoms with Gasteiger partial charge in [-0.15, -0.1) is 0 Å². The Morgan fingerprint density at radius 2 is 2.11 bits per heavy atom. The summed E-state index contributed by atoms with van der Waals surface area (Å²) in [5.74, 6) is 0.0215. The lowest BCUT2D eigenvalue weighted by atomic mass is 10.1. The highest BCUT2D eigenvalue weighted by molar-refractivity contribution is 5.62.